The van der Waals surface area contributed by atoms with E-state index in [-0.39, 0.29) is 11.5 Å². The van der Waals surface area contributed by atoms with Gasteiger partial charge in [-0.2, -0.15) is 0 Å². The molecular weight excluding hydrogens is 364 g/mol. The van der Waals surface area contributed by atoms with E-state index in [0.29, 0.717) is 49.3 Å². The summed E-state index contributed by atoms with van der Waals surface area (Å²) in [5, 5.41) is 3.38. The van der Waals surface area contributed by atoms with Crippen LogP contribution in [0.1, 0.15) is 27.9 Å². The normalized spacial score (nSPS) is 14.5. The quantitative estimate of drug-likeness (QED) is 0.856. The van der Waals surface area contributed by atoms with Crippen LogP contribution in [0.3, 0.4) is 0 Å². The van der Waals surface area contributed by atoms with Crippen molar-refractivity contribution < 1.29 is 18.3 Å². The second-order valence-electron chi connectivity index (χ2n) is 5.85. The number of morpholine rings is 1. The molecule has 1 aliphatic rings. The highest BCUT2D eigenvalue weighted by Gasteiger charge is 2.19. The van der Waals surface area contributed by atoms with Gasteiger partial charge in [-0.25, -0.2) is 13.8 Å². The Labute approximate surface area is 154 Å². The fourth-order valence-corrected chi connectivity index (χ4v) is 2.83. The van der Waals surface area contributed by atoms with Crippen molar-refractivity contribution >= 4 is 23.3 Å². The molecule has 1 N–H and O–H groups in total. The van der Waals surface area contributed by atoms with Crippen LogP contribution in [0.4, 0.5) is 14.6 Å². The number of carbonyl (C=O) groups excluding carboxylic acids is 1. The lowest BCUT2D eigenvalue weighted by atomic mass is 10.1. The van der Waals surface area contributed by atoms with Crippen LogP contribution in [-0.4, -0.2) is 42.1 Å². The summed E-state index contributed by atoms with van der Waals surface area (Å²) in [5.74, 6) is 0.306. The standard InChI is InChI=1S/C18H18ClF2N3O2/c19-15-9-14(18(25)24-5-7-26-8-6-24)11-23-17(15)22-10-12-1-3-13(4-2-12)16(20)21/h1-4,9,11,16H,5-8,10H2,(H,22,23). The first-order valence-corrected chi connectivity index (χ1v) is 8.56. The summed E-state index contributed by atoms with van der Waals surface area (Å²) in [4.78, 5) is 18.3. The topological polar surface area (TPSA) is 54.5 Å². The average Bonchev–Trinajstić information content (AvgIpc) is 2.67. The summed E-state index contributed by atoms with van der Waals surface area (Å²) in [5.41, 5.74) is 1.22. The number of nitrogens with one attached hydrogen (secondary N) is 1. The van der Waals surface area contributed by atoms with Crippen LogP contribution in [0.5, 0.6) is 0 Å². The first-order chi connectivity index (χ1) is 12.5. The van der Waals surface area contributed by atoms with Gasteiger partial charge in [-0.05, 0) is 11.6 Å². The van der Waals surface area contributed by atoms with E-state index in [1.807, 2.05) is 0 Å². The van der Waals surface area contributed by atoms with Crippen molar-refractivity contribution in [3.05, 3.63) is 58.2 Å². The van der Waals surface area contributed by atoms with Gasteiger partial charge >= 0.3 is 0 Å². The van der Waals surface area contributed by atoms with Gasteiger partial charge in [0.2, 0.25) is 0 Å². The van der Waals surface area contributed by atoms with Crippen LogP contribution in [-0.2, 0) is 11.3 Å². The number of nitrogens with zero attached hydrogens (tertiary/aromatic N) is 2. The number of hydrogen-bond acceptors (Lipinski definition) is 4. The first kappa shape index (κ1) is 18.5. The van der Waals surface area contributed by atoms with Crippen LogP contribution in [0, 0.1) is 0 Å². The van der Waals surface area contributed by atoms with Crippen LogP contribution >= 0.6 is 11.6 Å². The summed E-state index contributed by atoms with van der Waals surface area (Å²) >= 11 is 6.23. The molecule has 0 atom stereocenters. The number of alkyl halides is 2. The van der Waals surface area contributed by atoms with Crippen LogP contribution < -0.4 is 5.32 Å². The fraction of sp³-hybridized carbons (Fsp3) is 0.333. The number of carbonyl (C=O) groups is 1. The number of aromatic nitrogens is 1. The largest absolute Gasteiger partial charge is 0.378 e. The van der Waals surface area contributed by atoms with Crippen molar-refractivity contribution in [2.24, 2.45) is 0 Å². The van der Waals surface area contributed by atoms with E-state index in [0.717, 1.165) is 5.56 Å². The molecule has 1 saturated heterocycles. The summed E-state index contributed by atoms with van der Waals surface area (Å²) < 4.78 is 30.4. The summed E-state index contributed by atoms with van der Waals surface area (Å²) in [6.07, 6.45) is -1.00. The lowest BCUT2D eigenvalue weighted by Gasteiger charge is -2.26. The Kier molecular flexibility index (Phi) is 6.00. The lowest BCUT2D eigenvalue weighted by molar-refractivity contribution is 0.0302. The van der Waals surface area contributed by atoms with E-state index < -0.39 is 6.43 Å². The van der Waals surface area contributed by atoms with Crippen molar-refractivity contribution in [2.45, 2.75) is 13.0 Å². The van der Waals surface area contributed by atoms with Gasteiger partial charge in [0.05, 0.1) is 23.8 Å². The second-order valence-corrected chi connectivity index (χ2v) is 6.26. The number of ether oxygens (including phenoxy) is 1. The molecule has 3 rings (SSSR count). The zero-order valence-electron chi connectivity index (χ0n) is 13.9. The zero-order chi connectivity index (χ0) is 18.5. The molecule has 0 unspecified atom stereocenters. The molecule has 1 aliphatic heterocycles. The minimum absolute atomic E-state index is 0.0177. The maximum absolute atomic E-state index is 12.6. The van der Waals surface area contributed by atoms with Crippen molar-refractivity contribution in [1.29, 1.82) is 0 Å². The zero-order valence-corrected chi connectivity index (χ0v) is 14.7. The Balaban J connectivity index is 1.63. The van der Waals surface area contributed by atoms with Gasteiger partial charge in [0, 0.05) is 31.4 Å². The molecule has 2 heterocycles. The van der Waals surface area contributed by atoms with Gasteiger partial charge in [-0.1, -0.05) is 35.9 Å². The van der Waals surface area contributed by atoms with Crippen molar-refractivity contribution in [1.82, 2.24) is 9.88 Å². The Hall–Kier alpha value is -2.25. The Bertz CT molecular complexity index is 766. The van der Waals surface area contributed by atoms with Crippen molar-refractivity contribution in [3.63, 3.8) is 0 Å². The molecular formula is C18H18ClF2N3O2. The average molecular weight is 382 g/mol. The molecule has 0 radical (unpaired) electrons. The maximum Gasteiger partial charge on any atom is 0.263 e. The van der Waals surface area contributed by atoms with Crippen molar-refractivity contribution in [3.8, 4) is 0 Å². The van der Waals surface area contributed by atoms with Crippen LogP contribution in [0.2, 0.25) is 5.02 Å². The third-order valence-electron chi connectivity index (χ3n) is 4.08. The maximum atomic E-state index is 12.6. The fourth-order valence-electron chi connectivity index (χ4n) is 2.60. The smallest absolute Gasteiger partial charge is 0.263 e. The van der Waals surface area contributed by atoms with Gasteiger partial charge in [0.1, 0.15) is 5.82 Å². The first-order valence-electron chi connectivity index (χ1n) is 8.18. The summed E-state index contributed by atoms with van der Waals surface area (Å²) in [6.45, 7) is 2.52. The highest BCUT2D eigenvalue weighted by Crippen LogP contribution is 2.23. The van der Waals surface area contributed by atoms with Gasteiger partial charge in [-0.15, -0.1) is 0 Å². The molecule has 1 aromatic carbocycles. The van der Waals surface area contributed by atoms with E-state index in [1.165, 1.54) is 18.3 Å². The number of halogens is 3. The predicted molar refractivity (Wildman–Crippen MR) is 94.7 cm³/mol. The van der Waals surface area contributed by atoms with Gasteiger partial charge in [0.25, 0.3) is 12.3 Å². The molecule has 1 aromatic heterocycles. The molecule has 0 bridgehead atoms. The van der Waals surface area contributed by atoms with Gasteiger partial charge in [-0.3, -0.25) is 4.79 Å². The van der Waals surface area contributed by atoms with Gasteiger partial charge in [0.15, 0.2) is 0 Å². The molecule has 138 valence electrons. The molecule has 2 aromatic rings. The molecule has 0 spiro atoms. The Morgan fingerprint density at radius 2 is 1.96 bits per heavy atom. The number of amides is 1. The van der Waals surface area contributed by atoms with Crippen LogP contribution in [0.25, 0.3) is 0 Å². The molecule has 0 saturated carbocycles. The van der Waals surface area contributed by atoms with E-state index in [9.17, 15) is 13.6 Å². The van der Waals surface area contributed by atoms with E-state index in [2.05, 4.69) is 10.3 Å². The van der Waals surface area contributed by atoms with E-state index in [4.69, 9.17) is 16.3 Å². The predicted octanol–water partition coefficient (Wildman–Crippen LogP) is 3.76. The number of benzene rings is 1. The SMILES string of the molecule is O=C(c1cnc(NCc2ccc(C(F)F)cc2)c(Cl)c1)N1CCOCC1. The Morgan fingerprint density at radius 3 is 2.58 bits per heavy atom. The molecule has 8 heteroatoms. The third-order valence-corrected chi connectivity index (χ3v) is 4.37. The minimum Gasteiger partial charge on any atom is -0.378 e. The highest BCUT2D eigenvalue weighted by molar-refractivity contribution is 6.33. The monoisotopic (exact) mass is 381 g/mol. The Morgan fingerprint density at radius 1 is 1.27 bits per heavy atom. The molecule has 1 fully saturated rings. The number of pyridine rings is 1. The number of rotatable bonds is 5. The molecule has 1 amide bonds. The number of anilines is 1. The highest BCUT2D eigenvalue weighted by atomic mass is 35.5. The summed E-state index contributed by atoms with van der Waals surface area (Å²) in [6, 6.07) is 7.60. The van der Waals surface area contributed by atoms with Crippen molar-refractivity contribution in [2.75, 3.05) is 31.6 Å². The van der Waals surface area contributed by atoms with E-state index in [1.54, 1.807) is 23.1 Å². The minimum atomic E-state index is -2.48. The second kappa shape index (κ2) is 8.42. The third kappa shape index (κ3) is 4.47. The van der Waals surface area contributed by atoms with Gasteiger partial charge < -0.3 is 15.0 Å². The molecule has 0 aliphatic carbocycles. The molecule has 26 heavy (non-hydrogen) atoms. The van der Waals surface area contributed by atoms with Crippen LogP contribution in [0.15, 0.2) is 36.5 Å². The number of hydrogen-bond donors (Lipinski definition) is 1. The lowest BCUT2D eigenvalue weighted by Crippen LogP contribution is -2.40. The van der Waals surface area contributed by atoms with E-state index >= 15 is 0 Å². The summed E-state index contributed by atoms with van der Waals surface area (Å²) in [7, 11) is 0. The molecule has 5 nitrogen and oxygen atoms in total.